The normalized spacial score (nSPS) is 13.3. The fraction of sp³-hybridized carbons (Fsp3) is 0.429. The minimum atomic E-state index is -0.640. The van der Waals surface area contributed by atoms with Crippen molar-refractivity contribution in [2.45, 2.75) is 45.9 Å². The van der Waals surface area contributed by atoms with Crippen LogP contribution in [0.3, 0.4) is 0 Å². The number of hydrogen-bond acceptors (Lipinski definition) is 4. The van der Waals surface area contributed by atoms with Crippen LogP contribution in [0.1, 0.15) is 31.9 Å². The van der Waals surface area contributed by atoms with Gasteiger partial charge in [0.1, 0.15) is 31.5 Å². The van der Waals surface area contributed by atoms with E-state index in [1.54, 1.807) is 19.1 Å². The van der Waals surface area contributed by atoms with E-state index in [1.807, 2.05) is 18.2 Å². The van der Waals surface area contributed by atoms with Crippen molar-refractivity contribution in [3.8, 4) is 5.75 Å². The van der Waals surface area contributed by atoms with E-state index < -0.39 is 11.0 Å². The predicted octanol–water partition coefficient (Wildman–Crippen LogP) is -0.469. The standard InChI is InChI=1S/C21H28N2O4.ClH/c1-16-12-19(10-11-20(16)23(25)26)27-15-18(24)14-22(21(2,3)4)13-17-8-6-5-7-9-17;/h5-12,18,24H,13-15H2,1-4H3;1H. The lowest BCUT2D eigenvalue weighted by molar-refractivity contribution is -0.962. The lowest BCUT2D eigenvalue weighted by atomic mass is 10.0. The summed E-state index contributed by atoms with van der Waals surface area (Å²) in [7, 11) is 0. The molecule has 0 spiro atoms. The molecule has 0 aliphatic carbocycles. The summed E-state index contributed by atoms with van der Waals surface area (Å²) in [6.07, 6.45) is -0.640. The first kappa shape index (κ1) is 23.9. The molecule has 0 fully saturated rings. The number of quaternary nitrogens is 1. The average Bonchev–Trinajstić information content (AvgIpc) is 2.59. The van der Waals surface area contributed by atoms with Gasteiger partial charge in [0.05, 0.1) is 10.5 Å². The molecule has 0 heterocycles. The van der Waals surface area contributed by atoms with Crippen LogP contribution in [0.2, 0.25) is 0 Å². The van der Waals surface area contributed by atoms with Crippen molar-refractivity contribution in [3.63, 3.8) is 0 Å². The van der Waals surface area contributed by atoms with Crippen molar-refractivity contribution in [2.24, 2.45) is 0 Å². The summed E-state index contributed by atoms with van der Waals surface area (Å²) in [4.78, 5) is 11.7. The van der Waals surface area contributed by atoms with Crippen molar-refractivity contribution in [3.05, 3.63) is 69.8 Å². The van der Waals surface area contributed by atoms with Crippen LogP contribution in [0.25, 0.3) is 0 Å². The highest BCUT2D eigenvalue weighted by molar-refractivity contribution is 5.44. The molecule has 0 radical (unpaired) electrons. The van der Waals surface area contributed by atoms with Crippen LogP contribution in [-0.4, -0.2) is 34.8 Å². The summed E-state index contributed by atoms with van der Waals surface area (Å²) in [5, 5.41) is 21.4. The van der Waals surface area contributed by atoms with Crippen LogP contribution in [0.5, 0.6) is 5.75 Å². The first-order valence-corrected chi connectivity index (χ1v) is 9.12. The number of aryl methyl sites for hydroxylation is 1. The highest BCUT2D eigenvalue weighted by Crippen LogP contribution is 2.23. The van der Waals surface area contributed by atoms with Gasteiger partial charge in [-0.3, -0.25) is 10.1 Å². The SMILES string of the molecule is Cc1cc(OCC(O)C[NH+](Cc2ccccc2)C(C)(C)C)ccc1[N+](=O)[O-].[Cl-]. The smallest absolute Gasteiger partial charge is 0.272 e. The quantitative estimate of drug-likeness (QED) is 0.457. The zero-order valence-corrected chi connectivity index (χ0v) is 17.6. The van der Waals surface area contributed by atoms with Crippen LogP contribution in [-0.2, 0) is 6.54 Å². The molecule has 2 aromatic rings. The first-order chi connectivity index (χ1) is 12.7. The fourth-order valence-corrected chi connectivity index (χ4v) is 2.94. The zero-order valence-electron chi connectivity index (χ0n) is 16.8. The third kappa shape index (κ3) is 7.11. The lowest BCUT2D eigenvalue weighted by Crippen LogP contribution is -3.18. The van der Waals surface area contributed by atoms with E-state index in [1.165, 1.54) is 16.5 Å². The Morgan fingerprint density at radius 1 is 1.18 bits per heavy atom. The molecule has 2 N–H and O–H groups in total. The Morgan fingerprint density at radius 3 is 2.36 bits per heavy atom. The number of nitro groups is 1. The Labute approximate surface area is 172 Å². The maximum atomic E-state index is 10.9. The van der Waals surface area contributed by atoms with Gasteiger partial charge in [0, 0.05) is 17.2 Å². The molecule has 0 amide bonds. The number of rotatable bonds is 8. The number of ether oxygens (including phenoxy) is 1. The summed E-state index contributed by atoms with van der Waals surface area (Å²) in [5.41, 5.74) is 1.80. The van der Waals surface area contributed by atoms with Crippen molar-refractivity contribution in [1.29, 1.82) is 0 Å². The molecular weight excluding hydrogens is 380 g/mol. The molecule has 6 nitrogen and oxygen atoms in total. The fourth-order valence-electron chi connectivity index (χ4n) is 2.94. The predicted molar refractivity (Wildman–Crippen MR) is 105 cm³/mol. The van der Waals surface area contributed by atoms with Crippen LogP contribution in [0.15, 0.2) is 48.5 Å². The Balaban J connectivity index is 0.00000392. The monoisotopic (exact) mass is 408 g/mol. The largest absolute Gasteiger partial charge is 1.00 e. The lowest BCUT2D eigenvalue weighted by Gasteiger charge is -2.34. The van der Waals surface area contributed by atoms with E-state index in [0.29, 0.717) is 17.9 Å². The van der Waals surface area contributed by atoms with E-state index in [2.05, 4.69) is 32.9 Å². The first-order valence-electron chi connectivity index (χ1n) is 9.12. The minimum absolute atomic E-state index is 0. The van der Waals surface area contributed by atoms with Gasteiger partial charge in [0.2, 0.25) is 0 Å². The Bertz CT molecular complexity index is 763. The van der Waals surface area contributed by atoms with Gasteiger partial charge in [-0.25, -0.2) is 0 Å². The molecule has 0 saturated heterocycles. The van der Waals surface area contributed by atoms with E-state index in [-0.39, 0.29) is 30.2 Å². The summed E-state index contributed by atoms with van der Waals surface area (Å²) < 4.78 is 5.66. The van der Waals surface area contributed by atoms with Crippen molar-refractivity contribution < 1.29 is 32.1 Å². The second-order valence-corrected chi connectivity index (χ2v) is 7.89. The summed E-state index contributed by atoms with van der Waals surface area (Å²) in [6.45, 7) is 9.64. The molecule has 2 unspecified atom stereocenters. The summed E-state index contributed by atoms with van der Waals surface area (Å²) >= 11 is 0. The van der Waals surface area contributed by atoms with Gasteiger partial charge in [0.15, 0.2) is 0 Å². The van der Waals surface area contributed by atoms with E-state index in [9.17, 15) is 15.2 Å². The second-order valence-electron chi connectivity index (χ2n) is 7.89. The van der Waals surface area contributed by atoms with Crippen molar-refractivity contribution in [2.75, 3.05) is 13.2 Å². The number of nitrogens with zero attached hydrogens (tertiary/aromatic N) is 1. The highest BCUT2D eigenvalue weighted by Gasteiger charge is 2.28. The van der Waals surface area contributed by atoms with Gasteiger partial charge >= 0.3 is 0 Å². The third-order valence-corrected chi connectivity index (χ3v) is 4.61. The van der Waals surface area contributed by atoms with Crippen LogP contribution in [0.4, 0.5) is 5.69 Å². The third-order valence-electron chi connectivity index (χ3n) is 4.61. The maximum Gasteiger partial charge on any atom is 0.272 e. The Kier molecular flexibility index (Phi) is 8.88. The maximum absolute atomic E-state index is 10.9. The Morgan fingerprint density at radius 2 is 1.82 bits per heavy atom. The minimum Gasteiger partial charge on any atom is -1.00 e. The van der Waals surface area contributed by atoms with Crippen molar-refractivity contribution in [1.82, 2.24) is 0 Å². The van der Waals surface area contributed by atoms with Crippen LogP contribution < -0.4 is 22.0 Å². The number of aliphatic hydroxyl groups is 1. The number of aliphatic hydroxyl groups excluding tert-OH is 1. The summed E-state index contributed by atoms with van der Waals surface area (Å²) in [6, 6.07) is 14.8. The topological polar surface area (TPSA) is 77.0 Å². The van der Waals surface area contributed by atoms with Gasteiger partial charge in [0.25, 0.3) is 5.69 Å². The molecule has 154 valence electrons. The number of nitro benzene ring substituents is 1. The molecule has 2 aromatic carbocycles. The van der Waals surface area contributed by atoms with Gasteiger partial charge in [-0.1, -0.05) is 30.3 Å². The van der Waals surface area contributed by atoms with Gasteiger partial charge in [-0.2, -0.15) is 0 Å². The highest BCUT2D eigenvalue weighted by atomic mass is 35.5. The van der Waals surface area contributed by atoms with E-state index in [0.717, 1.165) is 6.54 Å². The molecule has 0 aliphatic heterocycles. The molecule has 0 saturated carbocycles. The van der Waals surface area contributed by atoms with Gasteiger partial charge in [-0.05, 0) is 39.8 Å². The van der Waals surface area contributed by atoms with Crippen molar-refractivity contribution >= 4 is 5.69 Å². The average molecular weight is 409 g/mol. The molecule has 28 heavy (non-hydrogen) atoms. The number of nitrogens with one attached hydrogen (secondary N) is 1. The van der Waals surface area contributed by atoms with Gasteiger partial charge < -0.3 is 27.2 Å². The van der Waals surface area contributed by atoms with Crippen LogP contribution in [0, 0.1) is 17.0 Å². The zero-order chi connectivity index (χ0) is 20.0. The molecular formula is C21H29ClN2O4. The molecule has 7 heteroatoms. The van der Waals surface area contributed by atoms with Gasteiger partial charge in [-0.15, -0.1) is 0 Å². The molecule has 2 atom stereocenters. The molecule has 0 aliphatic rings. The number of halogens is 1. The number of benzene rings is 2. The summed E-state index contributed by atoms with van der Waals surface area (Å²) in [5.74, 6) is 0.525. The van der Waals surface area contributed by atoms with E-state index >= 15 is 0 Å². The molecule has 0 aromatic heterocycles. The molecule has 2 rings (SSSR count). The number of hydrogen-bond donors (Lipinski definition) is 2. The molecule has 0 bridgehead atoms. The van der Waals surface area contributed by atoms with Crippen LogP contribution >= 0.6 is 0 Å². The Hall–Kier alpha value is -2.15. The van der Waals surface area contributed by atoms with E-state index in [4.69, 9.17) is 4.74 Å². The second kappa shape index (κ2) is 10.4.